The number of hydrogen-bond donors (Lipinski definition) is 7. The van der Waals surface area contributed by atoms with Gasteiger partial charge in [-0.05, 0) is 59.4 Å². The summed E-state index contributed by atoms with van der Waals surface area (Å²) in [6, 6.07) is 16.5. The average Bonchev–Trinajstić information content (AvgIpc) is 3.01. The number of phenolic OH excluding ortho intramolecular Hbond substituents is 2. The molecular weight excluding hydrogens is 584 g/mol. The van der Waals surface area contributed by atoms with Crippen molar-refractivity contribution in [3.8, 4) is 11.5 Å². The highest BCUT2D eigenvalue weighted by Gasteiger charge is 2.31. The van der Waals surface area contributed by atoms with Gasteiger partial charge in [0.15, 0.2) is 0 Å². The topological polar surface area (TPSA) is 191 Å². The van der Waals surface area contributed by atoms with Gasteiger partial charge in [-0.1, -0.05) is 54.6 Å². The van der Waals surface area contributed by atoms with Gasteiger partial charge in [0.2, 0.25) is 17.7 Å². The molecular formula is C32H38N4O7S. The van der Waals surface area contributed by atoms with Gasteiger partial charge in [-0.15, -0.1) is 0 Å². The third-order valence-electron chi connectivity index (χ3n) is 6.89. The third-order valence-corrected chi connectivity index (χ3v) is 7.53. The van der Waals surface area contributed by atoms with E-state index in [4.69, 9.17) is 5.73 Å². The molecule has 4 atom stereocenters. The second-order valence-electron chi connectivity index (χ2n) is 10.3. The fourth-order valence-corrected chi connectivity index (χ4v) is 4.89. The highest BCUT2D eigenvalue weighted by atomic mass is 32.2. The maximum absolute atomic E-state index is 13.7. The fraction of sp³-hybridized carbons (Fsp3) is 0.312. The van der Waals surface area contributed by atoms with Crippen molar-refractivity contribution in [2.45, 2.75) is 49.9 Å². The smallest absolute Gasteiger partial charge is 0.326 e. The van der Waals surface area contributed by atoms with Crippen LogP contribution in [0.3, 0.4) is 0 Å². The summed E-state index contributed by atoms with van der Waals surface area (Å²) in [6.45, 7) is 0. The van der Waals surface area contributed by atoms with Crippen LogP contribution >= 0.6 is 11.8 Å². The molecule has 0 fully saturated rings. The average molecular weight is 623 g/mol. The van der Waals surface area contributed by atoms with Gasteiger partial charge < -0.3 is 37.0 Å². The summed E-state index contributed by atoms with van der Waals surface area (Å²) in [5, 5.41) is 37.0. The maximum atomic E-state index is 13.7. The van der Waals surface area contributed by atoms with Crippen LogP contribution in [0, 0.1) is 0 Å². The second-order valence-corrected chi connectivity index (χ2v) is 11.3. The number of nitrogens with one attached hydrogen (secondary N) is 3. The van der Waals surface area contributed by atoms with Crippen molar-refractivity contribution in [2.24, 2.45) is 5.73 Å². The molecule has 0 aliphatic rings. The first-order valence-corrected chi connectivity index (χ1v) is 15.4. The van der Waals surface area contributed by atoms with Crippen LogP contribution in [-0.4, -0.2) is 75.2 Å². The molecule has 0 heterocycles. The summed E-state index contributed by atoms with van der Waals surface area (Å²) in [6.07, 6.45) is 2.34. The molecule has 44 heavy (non-hydrogen) atoms. The lowest BCUT2D eigenvalue weighted by molar-refractivity contribution is -0.142. The van der Waals surface area contributed by atoms with Crippen molar-refractivity contribution in [1.82, 2.24) is 16.0 Å². The Bertz CT molecular complexity index is 1390. The number of nitrogens with two attached hydrogens (primary N) is 1. The van der Waals surface area contributed by atoms with Crippen molar-refractivity contribution in [3.63, 3.8) is 0 Å². The maximum Gasteiger partial charge on any atom is 0.326 e. The number of aliphatic carboxylic acids is 1. The van der Waals surface area contributed by atoms with E-state index in [0.29, 0.717) is 23.3 Å². The number of amides is 3. The standard InChI is InChI=1S/C32H38N4O7S/c1-44-16-15-25(33)29(39)34-26(17-20-5-3-2-4-6-20)30(40)35-27(18-21-7-11-23(37)12-8-21)31(41)36-28(32(42)43)19-22-9-13-24(38)14-10-22/h2-14,25-28,37-38H,15-19,33H2,1H3,(H,34,39)(H,35,40)(H,36,41)(H,42,43). The van der Waals surface area contributed by atoms with Crippen molar-refractivity contribution in [1.29, 1.82) is 0 Å². The van der Waals surface area contributed by atoms with Gasteiger partial charge in [0, 0.05) is 19.3 Å². The van der Waals surface area contributed by atoms with E-state index in [9.17, 15) is 34.5 Å². The Morgan fingerprint density at radius 2 is 1.07 bits per heavy atom. The van der Waals surface area contributed by atoms with Gasteiger partial charge in [-0.25, -0.2) is 4.79 Å². The Labute approximate surface area is 260 Å². The Balaban J connectivity index is 1.84. The molecule has 3 aromatic carbocycles. The van der Waals surface area contributed by atoms with Gasteiger partial charge >= 0.3 is 5.97 Å². The summed E-state index contributed by atoms with van der Waals surface area (Å²) < 4.78 is 0. The minimum Gasteiger partial charge on any atom is -0.508 e. The predicted molar refractivity (Wildman–Crippen MR) is 168 cm³/mol. The largest absolute Gasteiger partial charge is 0.508 e. The van der Waals surface area contributed by atoms with E-state index in [1.54, 1.807) is 48.2 Å². The first-order chi connectivity index (χ1) is 21.0. The molecule has 0 aliphatic carbocycles. The zero-order chi connectivity index (χ0) is 32.1. The van der Waals surface area contributed by atoms with Crippen molar-refractivity contribution < 1.29 is 34.5 Å². The predicted octanol–water partition coefficient (Wildman–Crippen LogP) is 1.75. The van der Waals surface area contributed by atoms with Crippen LogP contribution in [0.15, 0.2) is 78.9 Å². The third kappa shape index (κ3) is 10.9. The van der Waals surface area contributed by atoms with E-state index in [1.165, 1.54) is 24.3 Å². The Morgan fingerprint density at radius 1 is 0.659 bits per heavy atom. The van der Waals surface area contributed by atoms with E-state index >= 15 is 0 Å². The van der Waals surface area contributed by atoms with Crippen LogP contribution < -0.4 is 21.7 Å². The number of carbonyl (C=O) groups excluding carboxylic acids is 3. The van der Waals surface area contributed by atoms with Crippen LogP contribution in [0.2, 0.25) is 0 Å². The molecule has 4 unspecified atom stereocenters. The highest BCUT2D eigenvalue weighted by Crippen LogP contribution is 2.14. The number of phenols is 2. The molecule has 0 spiro atoms. The van der Waals surface area contributed by atoms with Crippen LogP contribution in [0.4, 0.5) is 0 Å². The molecule has 234 valence electrons. The molecule has 0 saturated heterocycles. The number of aromatic hydroxyl groups is 2. The molecule has 0 aliphatic heterocycles. The van der Waals surface area contributed by atoms with Gasteiger partial charge in [-0.3, -0.25) is 14.4 Å². The minimum atomic E-state index is -1.33. The van der Waals surface area contributed by atoms with Crippen LogP contribution in [0.25, 0.3) is 0 Å². The van der Waals surface area contributed by atoms with E-state index in [-0.39, 0.29) is 30.8 Å². The number of thioether (sulfide) groups is 1. The SMILES string of the molecule is CSCCC(N)C(=O)NC(Cc1ccccc1)C(=O)NC(Cc1ccc(O)cc1)C(=O)NC(Cc1ccc(O)cc1)C(=O)O. The number of carbonyl (C=O) groups is 4. The minimum absolute atomic E-state index is 0.0158. The van der Waals surface area contributed by atoms with Crippen molar-refractivity contribution in [2.75, 3.05) is 12.0 Å². The van der Waals surface area contributed by atoms with E-state index < -0.39 is 47.9 Å². The molecule has 0 bridgehead atoms. The van der Waals surface area contributed by atoms with Crippen LogP contribution in [-0.2, 0) is 38.4 Å². The zero-order valence-corrected chi connectivity index (χ0v) is 25.1. The van der Waals surface area contributed by atoms with E-state index in [2.05, 4.69) is 16.0 Å². The summed E-state index contributed by atoms with van der Waals surface area (Å²) in [5.74, 6) is -2.49. The lowest BCUT2D eigenvalue weighted by Crippen LogP contribution is -2.58. The molecule has 12 heteroatoms. The molecule has 3 amide bonds. The Hall–Kier alpha value is -4.55. The highest BCUT2D eigenvalue weighted by molar-refractivity contribution is 7.98. The van der Waals surface area contributed by atoms with Crippen molar-refractivity contribution in [3.05, 3.63) is 95.6 Å². The van der Waals surface area contributed by atoms with Gasteiger partial charge in [-0.2, -0.15) is 11.8 Å². The van der Waals surface area contributed by atoms with E-state index in [1.807, 2.05) is 24.5 Å². The quantitative estimate of drug-likeness (QED) is 0.125. The summed E-state index contributed by atoms with van der Waals surface area (Å²) >= 11 is 1.54. The summed E-state index contributed by atoms with van der Waals surface area (Å²) in [4.78, 5) is 52.2. The van der Waals surface area contributed by atoms with Gasteiger partial charge in [0.25, 0.3) is 0 Å². The molecule has 11 nitrogen and oxygen atoms in total. The molecule has 3 rings (SSSR count). The lowest BCUT2D eigenvalue weighted by Gasteiger charge is -2.25. The summed E-state index contributed by atoms with van der Waals surface area (Å²) in [5.41, 5.74) is 7.98. The van der Waals surface area contributed by atoms with E-state index in [0.717, 1.165) is 5.56 Å². The molecule has 0 aromatic heterocycles. The lowest BCUT2D eigenvalue weighted by atomic mass is 10.0. The number of benzene rings is 3. The first-order valence-electron chi connectivity index (χ1n) is 14.0. The normalized spacial score (nSPS) is 13.6. The summed E-state index contributed by atoms with van der Waals surface area (Å²) in [7, 11) is 0. The Kier molecular flexibility index (Phi) is 13.1. The number of rotatable bonds is 16. The Morgan fingerprint density at radius 3 is 1.52 bits per heavy atom. The monoisotopic (exact) mass is 622 g/mol. The first kappa shape index (κ1) is 33.9. The number of carboxylic acid groups (broad SMARTS) is 1. The molecule has 3 aromatic rings. The molecule has 0 saturated carbocycles. The second kappa shape index (κ2) is 16.9. The van der Waals surface area contributed by atoms with Crippen LogP contribution in [0.1, 0.15) is 23.1 Å². The fourth-order valence-electron chi connectivity index (χ4n) is 4.40. The van der Waals surface area contributed by atoms with Crippen LogP contribution in [0.5, 0.6) is 11.5 Å². The number of carboxylic acids is 1. The number of hydrogen-bond acceptors (Lipinski definition) is 8. The van der Waals surface area contributed by atoms with Gasteiger partial charge in [0.05, 0.1) is 6.04 Å². The van der Waals surface area contributed by atoms with Crippen molar-refractivity contribution >= 4 is 35.5 Å². The zero-order valence-electron chi connectivity index (χ0n) is 24.3. The molecule has 8 N–H and O–H groups in total. The molecule has 0 radical (unpaired) electrons. The van der Waals surface area contributed by atoms with Gasteiger partial charge in [0.1, 0.15) is 29.6 Å².